The molecular weight excluding hydrogens is 382 g/mol. The average molecular weight is 434 g/mol. The quantitative estimate of drug-likeness (QED) is 0.270. The highest BCUT2D eigenvalue weighted by Gasteiger charge is 2.26. The summed E-state index contributed by atoms with van der Waals surface area (Å²) in [5.41, 5.74) is 4.85. The highest BCUT2D eigenvalue weighted by atomic mass is 16.5. The van der Waals surface area contributed by atoms with E-state index in [2.05, 4.69) is 19.2 Å². The number of ether oxygens (including phenoxy) is 1. The van der Waals surface area contributed by atoms with E-state index in [1.807, 2.05) is 32.6 Å². The van der Waals surface area contributed by atoms with Gasteiger partial charge in [0.15, 0.2) is 0 Å². The fraction of sp³-hybridized carbons (Fsp3) is 0.913. The van der Waals surface area contributed by atoms with Crippen LogP contribution in [0.3, 0.4) is 0 Å². The number of aliphatic hydroxyl groups is 1. The Balaban J connectivity index is -0.00000133. The van der Waals surface area contributed by atoms with Gasteiger partial charge in [0.05, 0.1) is 13.7 Å². The van der Waals surface area contributed by atoms with Crippen molar-refractivity contribution in [1.82, 2.24) is 10.2 Å². The van der Waals surface area contributed by atoms with Gasteiger partial charge in [-0.3, -0.25) is 14.5 Å². The van der Waals surface area contributed by atoms with Crippen molar-refractivity contribution in [3.8, 4) is 0 Å². The third-order valence-corrected chi connectivity index (χ3v) is 4.42. The molecule has 0 aliphatic carbocycles. The van der Waals surface area contributed by atoms with E-state index in [0.717, 1.165) is 58.2 Å². The molecule has 2 atom stereocenters. The SMILES string of the molecule is CC.CCCC(=O)NCCC[C@H](C)CCC(C(=O)OC)N(CCC)CCO.CCN. The van der Waals surface area contributed by atoms with Crippen LogP contribution in [0.1, 0.15) is 86.5 Å². The molecule has 0 aliphatic rings. The van der Waals surface area contributed by atoms with Crippen LogP contribution in [0.4, 0.5) is 0 Å². The third kappa shape index (κ3) is 20.1. The molecule has 1 unspecified atom stereocenters. The molecule has 7 nitrogen and oxygen atoms in total. The minimum Gasteiger partial charge on any atom is -0.468 e. The lowest BCUT2D eigenvalue weighted by atomic mass is 9.96. The van der Waals surface area contributed by atoms with E-state index in [1.165, 1.54) is 7.11 Å². The van der Waals surface area contributed by atoms with Crippen molar-refractivity contribution in [2.45, 2.75) is 92.5 Å². The summed E-state index contributed by atoms with van der Waals surface area (Å²) in [7, 11) is 1.42. The number of hydrogen-bond acceptors (Lipinski definition) is 6. The van der Waals surface area contributed by atoms with E-state index in [0.29, 0.717) is 18.9 Å². The molecule has 0 saturated carbocycles. The van der Waals surface area contributed by atoms with Crippen LogP contribution in [0.2, 0.25) is 0 Å². The van der Waals surface area contributed by atoms with Gasteiger partial charge in [0.2, 0.25) is 5.91 Å². The fourth-order valence-corrected chi connectivity index (χ4v) is 3.01. The van der Waals surface area contributed by atoms with Crippen molar-refractivity contribution >= 4 is 11.9 Å². The predicted molar refractivity (Wildman–Crippen MR) is 126 cm³/mol. The summed E-state index contributed by atoms with van der Waals surface area (Å²) in [4.78, 5) is 25.6. The number of nitrogens with zero attached hydrogens (tertiary/aromatic N) is 1. The number of rotatable bonds is 15. The summed E-state index contributed by atoms with van der Waals surface area (Å²) in [5, 5.41) is 12.2. The number of aliphatic hydroxyl groups excluding tert-OH is 1. The Morgan fingerprint density at radius 1 is 1.07 bits per heavy atom. The van der Waals surface area contributed by atoms with Crippen molar-refractivity contribution in [1.29, 1.82) is 0 Å². The molecule has 0 radical (unpaired) electrons. The van der Waals surface area contributed by atoms with Crippen molar-refractivity contribution < 1.29 is 19.4 Å². The summed E-state index contributed by atoms with van der Waals surface area (Å²) in [6.07, 6.45) is 6.03. The lowest BCUT2D eigenvalue weighted by Crippen LogP contribution is -2.44. The van der Waals surface area contributed by atoms with Gasteiger partial charge in [-0.05, 0) is 57.5 Å². The van der Waals surface area contributed by atoms with Crippen LogP contribution < -0.4 is 11.1 Å². The lowest BCUT2D eigenvalue weighted by Gasteiger charge is -2.29. The van der Waals surface area contributed by atoms with Crippen LogP contribution >= 0.6 is 0 Å². The van der Waals surface area contributed by atoms with E-state index >= 15 is 0 Å². The van der Waals surface area contributed by atoms with E-state index in [4.69, 9.17) is 10.5 Å². The number of carbonyl (C=O) groups excluding carboxylic acids is 2. The number of nitrogens with two attached hydrogens (primary N) is 1. The van der Waals surface area contributed by atoms with Crippen LogP contribution in [0.15, 0.2) is 0 Å². The Kier molecular flexibility index (Phi) is 28.8. The zero-order valence-electron chi connectivity index (χ0n) is 20.8. The molecule has 1 amide bonds. The minimum absolute atomic E-state index is 0.0422. The molecular formula is C23H51N3O4. The van der Waals surface area contributed by atoms with Gasteiger partial charge in [0, 0.05) is 19.5 Å². The zero-order valence-corrected chi connectivity index (χ0v) is 20.8. The zero-order chi connectivity index (χ0) is 23.8. The number of methoxy groups -OCH3 is 1. The maximum Gasteiger partial charge on any atom is 0.323 e. The number of amides is 1. The molecule has 0 spiro atoms. The Morgan fingerprint density at radius 2 is 1.67 bits per heavy atom. The number of nitrogens with one attached hydrogen (secondary N) is 1. The van der Waals surface area contributed by atoms with Gasteiger partial charge in [-0.15, -0.1) is 0 Å². The Bertz CT molecular complexity index is 375. The second-order valence-corrected chi connectivity index (χ2v) is 7.13. The van der Waals surface area contributed by atoms with Crippen LogP contribution in [0, 0.1) is 5.92 Å². The van der Waals surface area contributed by atoms with Gasteiger partial charge in [-0.1, -0.05) is 41.5 Å². The first kappa shape index (κ1) is 33.5. The monoisotopic (exact) mass is 433 g/mol. The van der Waals surface area contributed by atoms with Crippen molar-refractivity contribution in [2.75, 3.05) is 39.9 Å². The molecule has 0 saturated heterocycles. The van der Waals surface area contributed by atoms with Gasteiger partial charge in [-0.2, -0.15) is 0 Å². The van der Waals surface area contributed by atoms with E-state index in [1.54, 1.807) is 0 Å². The first-order valence-electron chi connectivity index (χ1n) is 11.8. The lowest BCUT2D eigenvalue weighted by molar-refractivity contribution is -0.147. The molecule has 0 aromatic rings. The van der Waals surface area contributed by atoms with Crippen LogP contribution in [0.5, 0.6) is 0 Å². The number of carbonyl (C=O) groups is 2. The Labute approximate surface area is 186 Å². The second kappa shape index (κ2) is 25.9. The summed E-state index contributed by atoms with van der Waals surface area (Å²) < 4.78 is 4.96. The van der Waals surface area contributed by atoms with E-state index < -0.39 is 0 Å². The van der Waals surface area contributed by atoms with Crippen molar-refractivity contribution in [3.05, 3.63) is 0 Å². The van der Waals surface area contributed by atoms with Gasteiger partial charge in [-0.25, -0.2) is 0 Å². The van der Waals surface area contributed by atoms with Crippen molar-refractivity contribution in [2.24, 2.45) is 11.7 Å². The minimum atomic E-state index is -0.288. The first-order chi connectivity index (χ1) is 14.4. The number of hydrogen-bond donors (Lipinski definition) is 3. The molecule has 30 heavy (non-hydrogen) atoms. The summed E-state index contributed by atoms with van der Waals surface area (Å²) >= 11 is 0. The molecule has 0 aromatic heterocycles. The topological polar surface area (TPSA) is 105 Å². The molecule has 4 N–H and O–H groups in total. The molecule has 0 heterocycles. The van der Waals surface area contributed by atoms with Gasteiger partial charge >= 0.3 is 5.97 Å². The molecule has 0 bridgehead atoms. The molecule has 7 heteroatoms. The molecule has 0 aliphatic heterocycles. The second-order valence-electron chi connectivity index (χ2n) is 7.13. The first-order valence-corrected chi connectivity index (χ1v) is 11.8. The predicted octanol–water partition coefficient (Wildman–Crippen LogP) is 3.34. The third-order valence-electron chi connectivity index (χ3n) is 4.42. The van der Waals surface area contributed by atoms with E-state index in [9.17, 15) is 14.7 Å². The maximum atomic E-state index is 12.1. The van der Waals surface area contributed by atoms with Crippen molar-refractivity contribution in [3.63, 3.8) is 0 Å². The largest absolute Gasteiger partial charge is 0.468 e. The molecule has 182 valence electrons. The van der Waals surface area contributed by atoms with Gasteiger partial charge < -0.3 is 20.9 Å². The van der Waals surface area contributed by atoms with Crippen LogP contribution in [-0.4, -0.2) is 67.8 Å². The Hall–Kier alpha value is -1.18. The fourth-order valence-electron chi connectivity index (χ4n) is 3.01. The van der Waals surface area contributed by atoms with Crippen LogP contribution in [-0.2, 0) is 14.3 Å². The maximum absolute atomic E-state index is 12.1. The van der Waals surface area contributed by atoms with Crippen LogP contribution in [0.25, 0.3) is 0 Å². The van der Waals surface area contributed by atoms with Gasteiger partial charge in [0.1, 0.15) is 6.04 Å². The normalized spacial score (nSPS) is 12.1. The molecule has 0 fully saturated rings. The van der Waals surface area contributed by atoms with Gasteiger partial charge in [0.25, 0.3) is 0 Å². The van der Waals surface area contributed by atoms with E-state index in [-0.39, 0.29) is 24.5 Å². The highest BCUT2D eigenvalue weighted by Crippen LogP contribution is 2.18. The standard InChI is InChI=1S/C19H38N2O4.C2H7N.C2H6/c1-5-8-18(23)20-12-7-9-16(3)10-11-17(19(24)25-4)21(13-6-2)14-15-22;1-2-3;1-2/h16-17,22H,5-15H2,1-4H3,(H,20,23);2-3H2,1H3;1-2H3/t16-,17?;;/m0../s1. The average Bonchev–Trinajstić information content (AvgIpc) is 2.73. The number of esters is 1. The Morgan fingerprint density at radius 3 is 2.13 bits per heavy atom. The summed E-state index contributed by atoms with van der Waals surface area (Å²) in [6, 6.07) is -0.288. The smallest absolute Gasteiger partial charge is 0.323 e. The molecule has 0 rings (SSSR count). The summed E-state index contributed by atoms with van der Waals surface area (Å²) in [5.74, 6) is 0.383. The summed E-state index contributed by atoms with van der Waals surface area (Å²) in [6.45, 7) is 14.9. The highest BCUT2D eigenvalue weighted by molar-refractivity contribution is 5.76. The molecule has 0 aromatic carbocycles.